The predicted octanol–water partition coefficient (Wildman–Crippen LogP) is 4.63. The van der Waals surface area contributed by atoms with Crippen molar-refractivity contribution in [2.24, 2.45) is 23.7 Å². The minimum atomic E-state index is -4.76. The Labute approximate surface area is 187 Å². The fraction of sp³-hybridized carbons (Fsp3) is 0.545. The van der Waals surface area contributed by atoms with E-state index in [4.69, 9.17) is 4.74 Å². The van der Waals surface area contributed by atoms with Gasteiger partial charge in [-0.3, -0.25) is 0 Å². The van der Waals surface area contributed by atoms with Crippen LogP contribution in [-0.4, -0.2) is 53.4 Å². The molecule has 5 rings (SSSR count). The maximum Gasteiger partial charge on any atom is 0.573 e. The lowest BCUT2D eigenvalue weighted by atomic mass is 10.2. The predicted molar refractivity (Wildman–Crippen MR) is 111 cm³/mol. The molecule has 32 heavy (non-hydrogen) atoms. The van der Waals surface area contributed by atoms with Crippen LogP contribution in [0, 0.1) is 23.7 Å². The lowest BCUT2D eigenvalue weighted by Crippen LogP contribution is -2.37. The summed E-state index contributed by atoms with van der Waals surface area (Å²) in [5.74, 6) is 2.32. The van der Waals surface area contributed by atoms with Gasteiger partial charge in [0.05, 0.1) is 10.9 Å². The van der Waals surface area contributed by atoms with Crippen molar-refractivity contribution in [1.29, 1.82) is 0 Å². The molecule has 1 aromatic heterocycles. The van der Waals surface area contributed by atoms with Gasteiger partial charge in [0.2, 0.25) is 5.88 Å². The molecule has 6 nitrogen and oxygen atoms in total. The number of ether oxygens (including phenoxy) is 2. The summed E-state index contributed by atoms with van der Waals surface area (Å²) >= 11 is 1.32. The second-order valence-electron chi connectivity index (χ2n) is 8.92. The molecule has 0 radical (unpaired) electrons. The molecule has 2 aromatic rings. The van der Waals surface area contributed by atoms with Gasteiger partial charge in [-0.05, 0) is 54.2 Å². The van der Waals surface area contributed by atoms with Crippen LogP contribution in [0.3, 0.4) is 0 Å². The highest BCUT2D eigenvalue weighted by Gasteiger charge is 2.56. The van der Waals surface area contributed by atoms with Crippen LogP contribution >= 0.6 is 11.3 Å². The number of piperidine rings is 1. The molecule has 2 unspecified atom stereocenters. The van der Waals surface area contributed by atoms with Gasteiger partial charge in [0, 0.05) is 32.7 Å². The number of fused-ring (bicyclic) bond motifs is 1. The van der Waals surface area contributed by atoms with Crippen molar-refractivity contribution >= 4 is 17.4 Å². The Morgan fingerprint density at radius 2 is 2.03 bits per heavy atom. The highest BCUT2D eigenvalue weighted by atomic mass is 32.1. The second-order valence-corrected chi connectivity index (χ2v) is 9.64. The number of halogens is 3. The Balaban J connectivity index is 1.24. The smallest absolute Gasteiger partial charge is 0.406 e. The molecule has 172 valence electrons. The molecule has 3 fully saturated rings. The van der Waals surface area contributed by atoms with Crippen LogP contribution in [0.5, 0.6) is 11.6 Å². The Hall–Kier alpha value is -2.33. The molecule has 0 N–H and O–H groups in total. The highest BCUT2D eigenvalue weighted by Crippen LogP contribution is 2.52. The molecule has 0 bridgehead atoms. The molecule has 2 atom stereocenters. The molecule has 2 aliphatic carbocycles. The summed E-state index contributed by atoms with van der Waals surface area (Å²) in [5.41, 5.74) is 2.12. The third kappa shape index (κ3) is 5.35. The van der Waals surface area contributed by atoms with Gasteiger partial charge in [-0.1, -0.05) is 12.1 Å². The van der Waals surface area contributed by atoms with Gasteiger partial charge in [-0.15, -0.1) is 24.5 Å². The lowest BCUT2D eigenvalue weighted by Gasteiger charge is -2.25. The van der Waals surface area contributed by atoms with E-state index in [0.29, 0.717) is 29.9 Å². The number of benzene rings is 1. The fourth-order valence-electron chi connectivity index (χ4n) is 4.75. The molecule has 2 saturated carbocycles. The molecule has 1 amide bonds. The first-order chi connectivity index (χ1) is 15.3. The van der Waals surface area contributed by atoms with Crippen molar-refractivity contribution in [3.8, 4) is 11.6 Å². The van der Waals surface area contributed by atoms with Gasteiger partial charge in [0.1, 0.15) is 5.75 Å². The van der Waals surface area contributed by atoms with Crippen molar-refractivity contribution in [1.82, 2.24) is 14.8 Å². The molecule has 0 spiro atoms. The third-order valence-electron chi connectivity index (χ3n) is 6.46. The summed E-state index contributed by atoms with van der Waals surface area (Å²) in [4.78, 5) is 21.0. The van der Waals surface area contributed by atoms with Crippen molar-refractivity contribution in [2.75, 3.05) is 26.2 Å². The number of amides is 1. The van der Waals surface area contributed by atoms with Crippen LogP contribution in [0.25, 0.3) is 0 Å². The molecule has 1 saturated heterocycles. The van der Waals surface area contributed by atoms with E-state index in [2.05, 4.69) is 14.6 Å². The van der Waals surface area contributed by atoms with Crippen molar-refractivity contribution in [3.05, 3.63) is 40.7 Å². The summed E-state index contributed by atoms with van der Waals surface area (Å²) in [6.07, 6.45) is -2.64. The summed E-state index contributed by atoms with van der Waals surface area (Å²) in [7, 11) is 0. The molecule has 3 aliphatic rings. The zero-order valence-electron chi connectivity index (χ0n) is 17.3. The molecule has 1 aliphatic heterocycles. The first-order valence-corrected chi connectivity index (χ1v) is 11.7. The Bertz CT molecular complexity index is 939. The zero-order valence-corrected chi connectivity index (χ0v) is 18.1. The molecule has 10 heteroatoms. The standard InChI is InChI=1S/C22H24F3N3O3S/c23-22(24,25)31-16-3-1-2-15(6-16)8-28(21(29)30-20-12-32-13-26-20)11-19-17-9-27(10-18(17)19)7-14-4-5-14/h1-3,6,12-14,17-19H,4-5,7-11H2. The molecular formula is C22H24F3N3O3S. The average molecular weight is 468 g/mol. The highest BCUT2D eigenvalue weighted by molar-refractivity contribution is 7.07. The monoisotopic (exact) mass is 467 g/mol. The summed E-state index contributed by atoms with van der Waals surface area (Å²) in [6.45, 7) is 3.96. The largest absolute Gasteiger partial charge is 0.573 e. The number of alkyl halides is 3. The van der Waals surface area contributed by atoms with E-state index in [-0.39, 0.29) is 18.2 Å². The first-order valence-electron chi connectivity index (χ1n) is 10.8. The average Bonchev–Trinajstić information content (AvgIpc) is 3.50. The number of carbonyl (C=O) groups is 1. The van der Waals surface area contributed by atoms with Crippen LogP contribution in [0.2, 0.25) is 0 Å². The van der Waals surface area contributed by atoms with Crippen LogP contribution in [-0.2, 0) is 6.54 Å². The van der Waals surface area contributed by atoms with E-state index in [1.54, 1.807) is 21.9 Å². The van der Waals surface area contributed by atoms with Crippen molar-refractivity contribution < 1.29 is 27.4 Å². The third-order valence-corrected chi connectivity index (χ3v) is 7.02. The topological polar surface area (TPSA) is 54.9 Å². The number of likely N-dealkylation sites (tertiary alicyclic amines) is 1. The molecule has 1 aromatic carbocycles. The Kier molecular flexibility index (Phi) is 5.75. The summed E-state index contributed by atoms with van der Waals surface area (Å²) in [6, 6.07) is 5.72. The molecular weight excluding hydrogens is 443 g/mol. The van der Waals surface area contributed by atoms with Gasteiger partial charge >= 0.3 is 12.5 Å². The summed E-state index contributed by atoms with van der Waals surface area (Å²) < 4.78 is 47.2. The van der Waals surface area contributed by atoms with E-state index >= 15 is 0 Å². The Morgan fingerprint density at radius 1 is 1.25 bits per heavy atom. The second kappa shape index (κ2) is 8.55. The SMILES string of the molecule is O=C(Oc1cscn1)N(Cc1cccc(OC(F)(F)F)c1)CC1C2CN(CC3CC3)CC21. The van der Waals surface area contributed by atoms with Crippen molar-refractivity contribution in [2.45, 2.75) is 25.7 Å². The van der Waals surface area contributed by atoms with Crippen LogP contribution in [0.15, 0.2) is 35.2 Å². The number of nitrogens with zero attached hydrogens (tertiary/aromatic N) is 3. The number of thiazole rings is 1. The number of carbonyl (C=O) groups excluding carboxylic acids is 1. The van der Waals surface area contributed by atoms with Gasteiger partial charge in [-0.25, -0.2) is 9.78 Å². The van der Waals surface area contributed by atoms with E-state index in [1.165, 1.54) is 48.9 Å². The van der Waals surface area contributed by atoms with Crippen LogP contribution in [0.1, 0.15) is 18.4 Å². The minimum absolute atomic E-state index is 0.139. The van der Waals surface area contributed by atoms with Crippen molar-refractivity contribution in [3.63, 3.8) is 0 Å². The van der Waals surface area contributed by atoms with E-state index in [0.717, 1.165) is 19.0 Å². The van der Waals surface area contributed by atoms with Gasteiger partial charge in [0.15, 0.2) is 0 Å². The molecule has 2 heterocycles. The number of aromatic nitrogens is 1. The fourth-order valence-corrected chi connectivity index (χ4v) is 5.20. The lowest BCUT2D eigenvalue weighted by molar-refractivity contribution is -0.274. The Morgan fingerprint density at radius 3 is 2.69 bits per heavy atom. The van der Waals surface area contributed by atoms with Crippen LogP contribution in [0.4, 0.5) is 18.0 Å². The van der Waals surface area contributed by atoms with E-state index in [1.807, 2.05) is 0 Å². The first kappa shape index (κ1) is 21.5. The summed E-state index contributed by atoms with van der Waals surface area (Å²) in [5, 5.41) is 1.63. The van der Waals surface area contributed by atoms with Gasteiger partial charge in [-0.2, -0.15) is 0 Å². The van der Waals surface area contributed by atoms with E-state index < -0.39 is 12.5 Å². The zero-order chi connectivity index (χ0) is 22.3. The number of rotatable bonds is 8. The maximum absolute atomic E-state index is 12.9. The van der Waals surface area contributed by atoms with E-state index in [9.17, 15) is 18.0 Å². The van der Waals surface area contributed by atoms with Gasteiger partial charge < -0.3 is 19.3 Å². The van der Waals surface area contributed by atoms with Crippen LogP contribution < -0.4 is 9.47 Å². The maximum atomic E-state index is 12.9. The quantitative estimate of drug-likeness (QED) is 0.567. The van der Waals surface area contributed by atoms with Gasteiger partial charge in [0.25, 0.3) is 0 Å². The number of hydrogen-bond donors (Lipinski definition) is 0. The normalized spacial score (nSPS) is 24.8. The minimum Gasteiger partial charge on any atom is -0.406 e. The number of hydrogen-bond acceptors (Lipinski definition) is 6.